The van der Waals surface area contributed by atoms with Gasteiger partial charge in [0.2, 0.25) is 0 Å². The average Bonchev–Trinajstić information content (AvgIpc) is 3.18. The highest BCUT2D eigenvalue weighted by atomic mass is 32.1. The summed E-state index contributed by atoms with van der Waals surface area (Å²) in [5.74, 6) is 0.0868. The van der Waals surface area contributed by atoms with Gasteiger partial charge in [-0.15, -0.1) is 11.3 Å². The summed E-state index contributed by atoms with van der Waals surface area (Å²) in [6.45, 7) is 1.88. The number of benzene rings is 1. The fourth-order valence-corrected chi connectivity index (χ4v) is 3.78. The summed E-state index contributed by atoms with van der Waals surface area (Å²) in [5, 5.41) is 0.913. The van der Waals surface area contributed by atoms with Crippen LogP contribution in [0.5, 0.6) is 0 Å². The van der Waals surface area contributed by atoms with Gasteiger partial charge < -0.3 is 11.5 Å². The molecule has 0 unspecified atom stereocenters. The van der Waals surface area contributed by atoms with Gasteiger partial charge in [0, 0.05) is 11.8 Å². The Hall–Kier alpha value is -3.19. The number of carbonyl (C=O) groups excluding carboxylic acids is 1. The first-order valence-corrected chi connectivity index (χ1v) is 8.44. The standard InChI is InChI=1S/C18H15N5OS/c1-10-6-16(25-17(10)18(20)24)23-9-22-13-7-11(2-4-14(13)23)12-3-5-15(19)21-8-12/h2-9H,1H3,(H2,19,21)(H2,20,24). The Bertz CT molecular complexity index is 1090. The van der Waals surface area contributed by atoms with E-state index < -0.39 is 5.91 Å². The number of pyridine rings is 1. The van der Waals surface area contributed by atoms with Gasteiger partial charge in [0.15, 0.2) is 0 Å². The van der Waals surface area contributed by atoms with Gasteiger partial charge in [-0.3, -0.25) is 9.36 Å². The normalized spacial score (nSPS) is 11.1. The lowest BCUT2D eigenvalue weighted by Gasteiger charge is -2.03. The molecule has 1 aromatic carbocycles. The highest BCUT2D eigenvalue weighted by Crippen LogP contribution is 2.30. The van der Waals surface area contributed by atoms with E-state index in [0.29, 0.717) is 10.7 Å². The number of primary amides is 1. The molecule has 0 bridgehead atoms. The van der Waals surface area contributed by atoms with E-state index in [2.05, 4.69) is 9.97 Å². The van der Waals surface area contributed by atoms with Crippen molar-refractivity contribution in [2.24, 2.45) is 5.73 Å². The third-order valence-electron chi connectivity index (χ3n) is 4.03. The van der Waals surface area contributed by atoms with Gasteiger partial charge in [0.25, 0.3) is 5.91 Å². The van der Waals surface area contributed by atoms with Crippen molar-refractivity contribution in [2.75, 3.05) is 5.73 Å². The molecule has 4 rings (SSSR count). The predicted molar refractivity (Wildman–Crippen MR) is 99.8 cm³/mol. The first-order chi connectivity index (χ1) is 12.0. The summed E-state index contributed by atoms with van der Waals surface area (Å²) in [6, 6.07) is 11.7. The van der Waals surface area contributed by atoms with Crippen LogP contribution >= 0.6 is 11.3 Å². The molecule has 4 aromatic rings. The Labute approximate surface area is 147 Å². The third-order valence-corrected chi connectivity index (χ3v) is 5.28. The Morgan fingerprint density at radius 1 is 1.12 bits per heavy atom. The highest BCUT2D eigenvalue weighted by molar-refractivity contribution is 7.16. The van der Waals surface area contributed by atoms with E-state index in [0.717, 1.165) is 32.7 Å². The van der Waals surface area contributed by atoms with Crippen molar-refractivity contribution >= 4 is 34.1 Å². The van der Waals surface area contributed by atoms with Crippen molar-refractivity contribution in [1.29, 1.82) is 0 Å². The second kappa shape index (κ2) is 5.71. The molecule has 0 radical (unpaired) electrons. The lowest BCUT2D eigenvalue weighted by Crippen LogP contribution is -2.09. The number of aryl methyl sites for hydroxylation is 1. The van der Waals surface area contributed by atoms with Crippen molar-refractivity contribution < 1.29 is 4.79 Å². The van der Waals surface area contributed by atoms with E-state index in [1.54, 1.807) is 18.6 Å². The van der Waals surface area contributed by atoms with Gasteiger partial charge in [-0.05, 0) is 48.4 Å². The summed E-state index contributed by atoms with van der Waals surface area (Å²) < 4.78 is 1.96. The number of fused-ring (bicyclic) bond motifs is 1. The molecule has 124 valence electrons. The molecule has 3 aromatic heterocycles. The lowest BCUT2D eigenvalue weighted by atomic mass is 10.1. The number of hydrogen-bond acceptors (Lipinski definition) is 5. The van der Waals surface area contributed by atoms with Crippen LogP contribution in [0.25, 0.3) is 27.2 Å². The van der Waals surface area contributed by atoms with Crippen LogP contribution in [0.4, 0.5) is 5.82 Å². The Kier molecular flexibility index (Phi) is 3.51. The summed E-state index contributed by atoms with van der Waals surface area (Å²) >= 11 is 1.37. The van der Waals surface area contributed by atoms with Gasteiger partial charge in [0.05, 0.1) is 15.9 Å². The monoisotopic (exact) mass is 349 g/mol. The van der Waals surface area contributed by atoms with Crippen LogP contribution in [0.2, 0.25) is 0 Å². The summed E-state index contributed by atoms with van der Waals surface area (Å²) in [7, 11) is 0. The van der Waals surface area contributed by atoms with Crippen LogP contribution in [-0.2, 0) is 0 Å². The molecule has 7 heteroatoms. The number of anilines is 1. The van der Waals surface area contributed by atoms with Crippen molar-refractivity contribution in [1.82, 2.24) is 14.5 Å². The molecule has 0 fully saturated rings. The van der Waals surface area contributed by atoms with Gasteiger partial charge in [-0.2, -0.15) is 0 Å². The van der Waals surface area contributed by atoms with Crippen molar-refractivity contribution in [3.8, 4) is 16.1 Å². The van der Waals surface area contributed by atoms with Gasteiger partial charge >= 0.3 is 0 Å². The van der Waals surface area contributed by atoms with E-state index >= 15 is 0 Å². The van der Waals surface area contributed by atoms with Crippen LogP contribution in [0.15, 0.2) is 48.9 Å². The number of carbonyl (C=O) groups is 1. The average molecular weight is 349 g/mol. The second-order valence-corrected chi connectivity index (χ2v) is 6.78. The van der Waals surface area contributed by atoms with Crippen LogP contribution in [-0.4, -0.2) is 20.4 Å². The third kappa shape index (κ3) is 2.64. The zero-order valence-electron chi connectivity index (χ0n) is 13.4. The van der Waals surface area contributed by atoms with Gasteiger partial charge in [0.1, 0.15) is 17.1 Å². The highest BCUT2D eigenvalue weighted by Gasteiger charge is 2.14. The number of imidazole rings is 1. The molecular formula is C18H15N5OS. The first kappa shape index (κ1) is 15.3. The molecule has 0 aliphatic rings. The molecule has 3 heterocycles. The van der Waals surface area contributed by atoms with Gasteiger partial charge in [-0.25, -0.2) is 9.97 Å². The van der Waals surface area contributed by atoms with Crippen molar-refractivity contribution in [2.45, 2.75) is 6.92 Å². The maximum Gasteiger partial charge on any atom is 0.259 e. The lowest BCUT2D eigenvalue weighted by molar-refractivity contribution is 0.100. The minimum atomic E-state index is -0.406. The number of hydrogen-bond donors (Lipinski definition) is 2. The Morgan fingerprint density at radius 3 is 2.60 bits per heavy atom. The number of amides is 1. The minimum absolute atomic E-state index is 0.406. The fourth-order valence-electron chi connectivity index (χ4n) is 2.77. The van der Waals surface area contributed by atoms with E-state index in [4.69, 9.17) is 11.5 Å². The minimum Gasteiger partial charge on any atom is -0.384 e. The maximum atomic E-state index is 11.5. The molecule has 25 heavy (non-hydrogen) atoms. The largest absolute Gasteiger partial charge is 0.384 e. The molecule has 0 saturated carbocycles. The summed E-state index contributed by atoms with van der Waals surface area (Å²) in [5.41, 5.74) is 15.8. The topological polar surface area (TPSA) is 99.8 Å². The molecule has 6 nitrogen and oxygen atoms in total. The van der Waals surface area contributed by atoms with E-state index in [-0.39, 0.29) is 0 Å². The van der Waals surface area contributed by atoms with E-state index in [1.165, 1.54) is 11.3 Å². The maximum absolute atomic E-state index is 11.5. The molecule has 0 spiro atoms. The molecule has 0 saturated heterocycles. The quantitative estimate of drug-likeness (QED) is 0.593. The predicted octanol–water partition coefficient (Wildman–Crippen LogP) is 3.14. The number of aromatic nitrogens is 3. The number of nitrogen functional groups attached to an aromatic ring is 1. The smallest absolute Gasteiger partial charge is 0.259 e. The van der Waals surface area contributed by atoms with Crippen molar-refractivity contribution in [3.63, 3.8) is 0 Å². The first-order valence-electron chi connectivity index (χ1n) is 7.62. The molecule has 4 N–H and O–H groups in total. The van der Waals surface area contributed by atoms with Crippen molar-refractivity contribution in [3.05, 3.63) is 59.4 Å². The molecular weight excluding hydrogens is 334 g/mol. The molecule has 1 amide bonds. The summed E-state index contributed by atoms with van der Waals surface area (Å²) in [6.07, 6.45) is 3.50. The molecule has 0 aliphatic carbocycles. The molecule has 0 atom stereocenters. The van der Waals surface area contributed by atoms with E-state index in [1.807, 2.05) is 41.8 Å². The van der Waals surface area contributed by atoms with E-state index in [9.17, 15) is 4.79 Å². The zero-order chi connectivity index (χ0) is 17.6. The number of rotatable bonds is 3. The summed E-state index contributed by atoms with van der Waals surface area (Å²) in [4.78, 5) is 20.7. The number of nitrogens with two attached hydrogens (primary N) is 2. The second-order valence-electron chi connectivity index (χ2n) is 5.75. The van der Waals surface area contributed by atoms with Crippen LogP contribution in [0.1, 0.15) is 15.2 Å². The number of thiophene rings is 1. The zero-order valence-corrected chi connectivity index (χ0v) is 14.2. The molecule has 0 aliphatic heterocycles. The fraction of sp³-hybridized carbons (Fsp3) is 0.0556. The van der Waals surface area contributed by atoms with Crippen LogP contribution in [0.3, 0.4) is 0 Å². The van der Waals surface area contributed by atoms with Gasteiger partial charge in [-0.1, -0.05) is 6.07 Å². The van der Waals surface area contributed by atoms with Crippen LogP contribution < -0.4 is 11.5 Å². The Morgan fingerprint density at radius 2 is 1.92 bits per heavy atom. The Balaban J connectivity index is 1.79. The van der Waals surface area contributed by atoms with Crippen LogP contribution in [0, 0.1) is 6.92 Å². The SMILES string of the molecule is Cc1cc(-n2cnc3cc(-c4ccc(N)nc4)ccc32)sc1C(N)=O. The number of nitrogens with zero attached hydrogens (tertiary/aromatic N) is 3.